The molecule has 0 saturated carbocycles. The maximum absolute atomic E-state index is 13.1. The number of nitrogens with zero attached hydrogens (tertiary/aromatic N) is 5. The van der Waals surface area contributed by atoms with Gasteiger partial charge in [0, 0.05) is 25.7 Å². The molecule has 0 bridgehead atoms. The van der Waals surface area contributed by atoms with E-state index in [0.717, 1.165) is 5.56 Å². The molecule has 11 nitrogen and oxygen atoms in total. The molecule has 0 N–H and O–H groups in total. The van der Waals surface area contributed by atoms with Crippen molar-refractivity contribution in [2.45, 2.75) is 6.42 Å². The van der Waals surface area contributed by atoms with E-state index in [9.17, 15) is 4.79 Å². The molecule has 5 aromatic rings. The monoisotopic (exact) mass is 553 g/mol. The Morgan fingerprint density at radius 3 is 2.39 bits per heavy atom. The number of rotatable bonds is 5. The molecule has 1 aliphatic rings. The van der Waals surface area contributed by atoms with E-state index in [-0.39, 0.29) is 12.4 Å². The number of pyridine rings is 1. The van der Waals surface area contributed by atoms with E-state index in [1.54, 1.807) is 48.3 Å². The first kappa shape index (κ1) is 26.4. The third kappa shape index (κ3) is 6.01. The Morgan fingerprint density at radius 1 is 0.854 bits per heavy atom. The standard InChI is InChI=1S/C30H27N5O6/c1-35-28(13-20-5-3-2-4-6-20)32-17-23(30(35)36)24-8-7-21(16-31-24)41-29-22-14-26-27(15-25(22)33-18-34-29)40-12-10-38-19-37-9-11-39-26/h2-8,14-18H,9-13,19H2,1H3. The van der Waals surface area contributed by atoms with E-state index in [1.807, 2.05) is 30.3 Å². The van der Waals surface area contributed by atoms with Gasteiger partial charge >= 0.3 is 0 Å². The summed E-state index contributed by atoms with van der Waals surface area (Å²) in [5, 5.41) is 0.637. The molecule has 0 atom stereocenters. The van der Waals surface area contributed by atoms with Crippen LogP contribution in [0.15, 0.2) is 78.1 Å². The molecule has 0 radical (unpaired) electrons. The van der Waals surface area contributed by atoms with E-state index < -0.39 is 0 Å². The van der Waals surface area contributed by atoms with Crippen LogP contribution in [0.5, 0.6) is 23.1 Å². The maximum Gasteiger partial charge on any atom is 0.262 e. The average molecular weight is 554 g/mol. The molecule has 3 aromatic heterocycles. The smallest absolute Gasteiger partial charge is 0.262 e. The topological polar surface area (TPSA) is 120 Å². The SMILES string of the molecule is Cn1c(Cc2ccccc2)ncc(-c2ccc(Oc3ncnc4cc5c(cc34)OCCOCOCCO5)cn2)c1=O. The second kappa shape index (κ2) is 12.1. The zero-order valence-corrected chi connectivity index (χ0v) is 22.4. The normalized spacial score (nSPS) is 13.9. The van der Waals surface area contributed by atoms with Gasteiger partial charge in [-0.05, 0) is 23.8 Å². The van der Waals surface area contributed by atoms with Gasteiger partial charge < -0.3 is 23.7 Å². The summed E-state index contributed by atoms with van der Waals surface area (Å²) >= 11 is 0. The lowest BCUT2D eigenvalue weighted by Gasteiger charge is -2.14. The molecule has 1 aliphatic heterocycles. The van der Waals surface area contributed by atoms with Gasteiger partial charge in [-0.2, -0.15) is 0 Å². The number of fused-ring (bicyclic) bond motifs is 2. The van der Waals surface area contributed by atoms with Gasteiger partial charge in [-0.25, -0.2) is 15.0 Å². The van der Waals surface area contributed by atoms with E-state index in [0.29, 0.717) is 84.0 Å². The van der Waals surface area contributed by atoms with Crippen LogP contribution in [0.3, 0.4) is 0 Å². The first-order valence-electron chi connectivity index (χ1n) is 13.1. The number of aromatic nitrogens is 5. The fourth-order valence-electron chi connectivity index (χ4n) is 4.35. The van der Waals surface area contributed by atoms with Crippen molar-refractivity contribution in [2.75, 3.05) is 33.2 Å². The summed E-state index contributed by atoms with van der Waals surface area (Å²) in [6, 6.07) is 16.9. The second-order valence-electron chi connectivity index (χ2n) is 9.22. The Balaban J connectivity index is 1.23. The molecule has 2 aromatic carbocycles. The minimum absolute atomic E-state index is 0.174. The highest BCUT2D eigenvalue weighted by Crippen LogP contribution is 2.36. The van der Waals surface area contributed by atoms with E-state index >= 15 is 0 Å². The zero-order chi connectivity index (χ0) is 28.0. The maximum atomic E-state index is 13.1. The highest BCUT2D eigenvalue weighted by atomic mass is 16.7. The minimum Gasteiger partial charge on any atom is -0.487 e. The van der Waals surface area contributed by atoms with Crippen molar-refractivity contribution in [3.63, 3.8) is 0 Å². The van der Waals surface area contributed by atoms with Gasteiger partial charge in [-0.3, -0.25) is 14.3 Å². The number of benzene rings is 2. The fourth-order valence-corrected chi connectivity index (χ4v) is 4.35. The van der Waals surface area contributed by atoms with Crippen molar-refractivity contribution in [2.24, 2.45) is 7.05 Å². The van der Waals surface area contributed by atoms with Gasteiger partial charge in [-0.1, -0.05) is 30.3 Å². The Bertz CT molecular complexity index is 1710. The van der Waals surface area contributed by atoms with Crippen molar-refractivity contribution in [1.82, 2.24) is 24.5 Å². The summed E-state index contributed by atoms with van der Waals surface area (Å²) in [6.07, 6.45) is 5.09. The van der Waals surface area contributed by atoms with Crippen LogP contribution in [0.2, 0.25) is 0 Å². The number of ether oxygens (including phenoxy) is 5. The summed E-state index contributed by atoms with van der Waals surface area (Å²) in [6.45, 7) is 1.61. The molecule has 0 saturated heterocycles. The van der Waals surface area contributed by atoms with Gasteiger partial charge in [0.1, 0.15) is 37.9 Å². The zero-order valence-electron chi connectivity index (χ0n) is 22.4. The highest BCUT2D eigenvalue weighted by Gasteiger charge is 2.16. The van der Waals surface area contributed by atoms with Gasteiger partial charge in [0.05, 0.1) is 41.6 Å². The van der Waals surface area contributed by atoms with Crippen molar-refractivity contribution in [1.29, 1.82) is 0 Å². The van der Waals surface area contributed by atoms with E-state index in [4.69, 9.17) is 23.7 Å². The third-order valence-corrected chi connectivity index (χ3v) is 6.50. The molecule has 11 heteroatoms. The van der Waals surface area contributed by atoms with Crippen LogP contribution in [-0.4, -0.2) is 57.7 Å². The van der Waals surface area contributed by atoms with Crippen LogP contribution in [0.4, 0.5) is 0 Å². The van der Waals surface area contributed by atoms with Crippen LogP contribution < -0.4 is 19.8 Å². The lowest BCUT2D eigenvalue weighted by atomic mass is 10.1. The Hall–Kier alpha value is -4.87. The summed E-state index contributed by atoms with van der Waals surface area (Å²) in [7, 11) is 1.72. The largest absolute Gasteiger partial charge is 0.487 e. The predicted molar refractivity (Wildman–Crippen MR) is 149 cm³/mol. The quantitative estimate of drug-likeness (QED) is 0.317. The highest BCUT2D eigenvalue weighted by molar-refractivity contribution is 5.87. The molecule has 41 heavy (non-hydrogen) atoms. The average Bonchev–Trinajstić information content (AvgIpc) is 3.05. The van der Waals surface area contributed by atoms with E-state index in [1.165, 1.54) is 6.33 Å². The van der Waals surface area contributed by atoms with Gasteiger partial charge in [0.2, 0.25) is 5.88 Å². The van der Waals surface area contributed by atoms with Crippen LogP contribution in [0.25, 0.3) is 22.2 Å². The number of hydrogen-bond acceptors (Lipinski definition) is 10. The van der Waals surface area contributed by atoms with Crippen LogP contribution in [0.1, 0.15) is 11.4 Å². The number of hydrogen-bond donors (Lipinski definition) is 0. The van der Waals surface area contributed by atoms with Crippen LogP contribution in [-0.2, 0) is 22.9 Å². The Labute approximate surface area is 235 Å². The fraction of sp³-hybridized carbons (Fsp3) is 0.233. The summed E-state index contributed by atoms with van der Waals surface area (Å²) in [5.74, 6) is 2.51. The second-order valence-corrected chi connectivity index (χ2v) is 9.22. The molecular weight excluding hydrogens is 526 g/mol. The molecule has 4 heterocycles. The summed E-state index contributed by atoms with van der Waals surface area (Å²) < 4.78 is 30.1. The van der Waals surface area contributed by atoms with Crippen molar-refractivity contribution in [3.05, 3.63) is 95.1 Å². The minimum atomic E-state index is -0.174. The van der Waals surface area contributed by atoms with Crippen LogP contribution in [0, 0.1) is 0 Å². The molecule has 0 aliphatic carbocycles. The predicted octanol–water partition coefficient (Wildman–Crippen LogP) is 3.93. The van der Waals surface area contributed by atoms with Crippen molar-refractivity contribution >= 4 is 10.9 Å². The molecule has 0 fully saturated rings. The van der Waals surface area contributed by atoms with Gasteiger partial charge in [0.25, 0.3) is 5.56 Å². The first-order valence-corrected chi connectivity index (χ1v) is 13.1. The summed E-state index contributed by atoms with van der Waals surface area (Å²) in [5.41, 5.74) is 2.42. The summed E-state index contributed by atoms with van der Waals surface area (Å²) in [4.78, 5) is 30.8. The lowest BCUT2D eigenvalue weighted by molar-refractivity contribution is -0.0637. The van der Waals surface area contributed by atoms with Gasteiger partial charge in [0.15, 0.2) is 11.5 Å². The third-order valence-electron chi connectivity index (χ3n) is 6.50. The molecule has 6 rings (SSSR count). The van der Waals surface area contributed by atoms with Crippen LogP contribution >= 0.6 is 0 Å². The molecule has 0 amide bonds. The Morgan fingerprint density at radius 2 is 1.63 bits per heavy atom. The molecule has 0 spiro atoms. The van der Waals surface area contributed by atoms with Crippen molar-refractivity contribution in [3.8, 4) is 34.4 Å². The Kier molecular flexibility index (Phi) is 7.79. The van der Waals surface area contributed by atoms with Gasteiger partial charge in [-0.15, -0.1) is 0 Å². The molecular formula is C30H27N5O6. The first-order chi connectivity index (χ1) is 20.2. The lowest BCUT2D eigenvalue weighted by Crippen LogP contribution is -2.24. The van der Waals surface area contributed by atoms with Crippen molar-refractivity contribution < 1.29 is 23.7 Å². The van der Waals surface area contributed by atoms with E-state index in [2.05, 4.69) is 19.9 Å². The molecule has 0 unspecified atom stereocenters. The molecule has 208 valence electrons.